The molecule has 5 rings (SSSR count). The maximum absolute atomic E-state index is 11.3. The number of hydrogen-bond acceptors (Lipinski definition) is 2. The predicted molar refractivity (Wildman–Crippen MR) is 150 cm³/mol. The van der Waals surface area contributed by atoms with E-state index in [0.29, 0.717) is 23.3 Å². The lowest BCUT2D eigenvalue weighted by Gasteiger charge is -2.41. The Morgan fingerprint density at radius 1 is 0.583 bits per heavy atom. The van der Waals surface area contributed by atoms with Crippen LogP contribution in [0.3, 0.4) is 0 Å². The van der Waals surface area contributed by atoms with Crippen LogP contribution in [0.1, 0.15) is 155 Å². The van der Waals surface area contributed by atoms with Crippen LogP contribution in [-0.4, -0.2) is 10.2 Å². The van der Waals surface area contributed by atoms with Gasteiger partial charge in [0.1, 0.15) is 11.5 Å². The van der Waals surface area contributed by atoms with Crippen LogP contribution in [0.2, 0.25) is 0 Å². The molecule has 3 saturated carbocycles. The highest BCUT2D eigenvalue weighted by molar-refractivity contribution is 5.55. The van der Waals surface area contributed by atoms with Gasteiger partial charge in [-0.05, 0) is 96.6 Å². The molecule has 0 bridgehead atoms. The molecule has 2 nitrogen and oxygen atoms in total. The van der Waals surface area contributed by atoms with E-state index in [1.165, 1.54) is 119 Å². The second-order valence-corrected chi connectivity index (χ2v) is 12.2. The fourth-order valence-electron chi connectivity index (χ4n) is 7.88. The van der Waals surface area contributed by atoms with Crippen LogP contribution in [0, 0.1) is 0 Å². The molecule has 0 radical (unpaired) electrons. The molecule has 0 atom stereocenters. The third-order valence-electron chi connectivity index (χ3n) is 10.1. The molecule has 0 heterocycles. The summed E-state index contributed by atoms with van der Waals surface area (Å²) in [5, 5.41) is 22.6. The third kappa shape index (κ3) is 4.82. The Kier molecular flexibility index (Phi) is 7.99. The van der Waals surface area contributed by atoms with Crippen molar-refractivity contribution in [2.45, 2.75) is 140 Å². The van der Waals surface area contributed by atoms with E-state index in [0.717, 1.165) is 24.0 Å². The van der Waals surface area contributed by atoms with Gasteiger partial charge in [-0.3, -0.25) is 0 Å². The first-order chi connectivity index (χ1) is 17.6. The molecule has 0 amide bonds. The molecule has 2 aromatic carbocycles. The van der Waals surface area contributed by atoms with Gasteiger partial charge in [0.2, 0.25) is 0 Å². The maximum atomic E-state index is 11.3. The van der Waals surface area contributed by atoms with Crippen LogP contribution in [0.25, 0.3) is 0 Å². The van der Waals surface area contributed by atoms with Gasteiger partial charge in [0.05, 0.1) is 0 Å². The van der Waals surface area contributed by atoms with Crippen molar-refractivity contribution in [3.8, 4) is 11.5 Å². The van der Waals surface area contributed by atoms with E-state index < -0.39 is 0 Å². The average Bonchev–Trinajstić information content (AvgIpc) is 2.94. The molecule has 0 spiro atoms. The van der Waals surface area contributed by atoms with E-state index in [1.807, 2.05) is 0 Å². The molecule has 0 aromatic heterocycles. The Bertz CT molecular complexity index is 956. The molecule has 3 aliphatic carbocycles. The van der Waals surface area contributed by atoms with Crippen molar-refractivity contribution >= 4 is 0 Å². The maximum Gasteiger partial charge on any atom is 0.122 e. The first kappa shape index (κ1) is 25.7. The van der Waals surface area contributed by atoms with Crippen molar-refractivity contribution < 1.29 is 10.2 Å². The molecule has 2 aromatic rings. The summed E-state index contributed by atoms with van der Waals surface area (Å²) in [6, 6.07) is 9.56. The number of aromatic hydroxyl groups is 2. The first-order valence-corrected chi connectivity index (χ1v) is 15.3. The summed E-state index contributed by atoms with van der Waals surface area (Å²) < 4.78 is 0. The van der Waals surface area contributed by atoms with Crippen molar-refractivity contribution in [1.82, 2.24) is 0 Å². The lowest BCUT2D eigenvalue weighted by molar-refractivity contribution is 0.341. The topological polar surface area (TPSA) is 40.5 Å². The monoisotopic (exact) mass is 488 g/mol. The van der Waals surface area contributed by atoms with Crippen LogP contribution in [0.5, 0.6) is 11.5 Å². The minimum atomic E-state index is -0.0136. The van der Waals surface area contributed by atoms with Gasteiger partial charge < -0.3 is 10.2 Å². The summed E-state index contributed by atoms with van der Waals surface area (Å²) in [6.07, 6.45) is 20.5. The van der Waals surface area contributed by atoms with Gasteiger partial charge in [-0.1, -0.05) is 95.9 Å². The van der Waals surface area contributed by atoms with Crippen LogP contribution in [0.15, 0.2) is 24.3 Å². The first-order valence-electron chi connectivity index (χ1n) is 15.3. The molecular formula is C34H48O2. The fourth-order valence-corrected chi connectivity index (χ4v) is 7.88. The summed E-state index contributed by atoms with van der Waals surface area (Å²) in [6.45, 7) is 4.38. The van der Waals surface area contributed by atoms with Crippen LogP contribution < -0.4 is 0 Å². The zero-order valence-corrected chi connectivity index (χ0v) is 22.9. The summed E-state index contributed by atoms with van der Waals surface area (Å²) in [7, 11) is 0. The van der Waals surface area contributed by atoms with E-state index in [4.69, 9.17) is 0 Å². The van der Waals surface area contributed by atoms with Crippen LogP contribution in [0.4, 0.5) is 0 Å². The SMILES string of the molecule is CCc1cc(C2(c3cc(CC)c(O)c(C4CCCCC4)c3)CCCCC2)cc(C2CCCCC2)c1O. The minimum Gasteiger partial charge on any atom is -0.507 e. The third-order valence-corrected chi connectivity index (χ3v) is 10.1. The van der Waals surface area contributed by atoms with Crippen molar-refractivity contribution in [3.05, 3.63) is 57.6 Å². The van der Waals surface area contributed by atoms with E-state index in [-0.39, 0.29) is 5.41 Å². The van der Waals surface area contributed by atoms with Gasteiger partial charge >= 0.3 is 0 Å². The molecule has 0 saturated heterocycles. The standard InChI is InChI=1S/C34H48O2/c1-3-24-20-28(22-30(32(24)35)26-14-8-5-9-15-26)34(18-12-7-13-19-34)29-21-25(4-2)33(36)31(23-29)27-16-10-6-11-17-27/h20-23,26-27,35-36H,3-19H2,1-2H3. The number of aryl methyl sites for hydroxylation is 2. The van der Waals surface area contributed by atoms with Crippen molar-refractivity contribution in [2.24, 2.45) is 0 Å². The second kappa shape index (κ2) is 11.2. The normalized spacial score (nSPS) is 21.5. The van der Waals surface area contributed by atoms with Crippen molar-refractivity contribution in [3.63, 3.8) is 0 Å². The number of hydrogen-bond donors (Lipinski definition) is 2. The van der Waals surface area contributed by atoms with Crippen molar-refractivity contribution in [2.75, 3.05) is 0 Å². The molecule has 3 aliphatic rings. The molecule has 196 valence electrons. The highest BCUT2D eigenvalue weighted by Gasteiger charge is 2.38. The lowest BCUT2D eigenvalue weighted by Crippen LogP contribution is -2.31. The molecular weight excluding hydrogens is 440 g/mol. The van der Waals surface area contributed by atoms with Gasteiger partial charge in [0, 0.05) is 5.41 Å². The van der Waals surface area contributed by atoms with Gasteiger partial charge in [-0.2, -0.15) is 0 Å². The number of rotatable bonds is 6. The molecule has 3 fully saturated rings. The number of benzene rings is 2. The highest BCUT2D eigenvalue weighted by Crippen LogP contribution is 2.51. The Morgan fingerprint density at radius 2 is 0.972 bits per heavy atom. The zero-order valence-electron chi connectivity index (χ0n) is 22.9. The van der Waals surface area contributed by atoms with Crippen LogP contribution in [-0.2, 0) is 18.3 Å². The molecule has 0 aliphatic heterocycles. The quantitative estimate of drug-likeness (QED) is 0.425. The number of phenols is 2. The minimum absolute atomic E-state index is 0.0136. The Labute approximate surface area is 219 Å². The molecule has 2 heteroatoms. The van der Waals surface area contributed by atoms with Crippen LogP contribution >= 0.6 is 0 Å². The van der Waals surface area contributed by atoms with Gasteiger partial charge in [-0.25, -0.2) is 0 Å². The Morgan fingerprint density at radius 3 is 1.36 bits per heavy atom. The summed E-state index contributed by atoms with van der Waals surface area (Å²) in [4.78, 5) is 0. The predicted octanol–water partition coefficient (Wildman–Crippen LogP) is 9.57. The van der Waals surface area contributed by atoms with Crippen molar-refractivity contribution in [1.29, 1.82) is 0 Å². The lowest BCUT2D eigenvalue weighted by atomic mass is 9.63. The molecule has 2 N–H and O–H groups in total. The zero-order chi connectivity index (χ0) is 25.1. The number of phenolic OH excluding ortho intramolecular Hbond substituents is 2. The van der Waals surface area contributed by atoms with E-state index in [2.05, 4.69) is 38.1 Å². The Hall–Kier alpha value is -1.96. The second-order valence-electron chi connectivity index (χ2n) is 12.2. The fraction of sp³-hybridized carbons (Fsp3) is 0.647. The average molecular weight is 489 g/mol. The summed E-state index contributed by atoms with van der Waals surface area (Å²) in [5.41, 5.74) is 7.53. The molecule has 36 heavy (non-hydrogen) atoms. The smallest absolute Gasteiger partial charge is 0.122 e. The van der Waals surface area contributed by atoms with Gasteiger partial charge in [0.15, 0.2) is 0 Å². The van der Waals surface area contributed by atoms with E-state index >= 15 is 0 Å². The highest BCUT2D eigenvalue weighted by atomic mass is 16.3. The van der Waals surface area contributed by atoms with E-state index in [9.17, 15) is 10.2 Å². The Balaban J connectivity index is 1.67. The van der Waals surface area contributed by atoms with E-state index in [1.54, 1.807) is 0 Å². The summed E-state index contributed by atoms with van der Waals surface area (Å²) in [5.74, 6) is 2.13. The van der Waals surface area contributed by atoms with Gasteiger partial charge in [0.25, 0.3) is 0 Å². The molecule has 0 unspecified atom stereocenters. The summed E-state index contributed by atoms with van der Waals surface area (Å²) >= 11 is 0. The van der Waals surface area contributed by atoms with Gasteiger partial charge in [-0.15, -0.1) is 0 Å². The largest absolute Gasteiger partial charge is 0.507 e.